The van der Waals surface area contributed by atoms with Gasteiger partial charge < -0.3 is 20.4 Å². The van der Waals surface area contributed by atoms with E-state index in [2.05, 4.69) is 40.5 Å². The van der Waals surface area contributed by atoms with Crippen LogP contribution in [0.2, 0.25) is 0 Å². The van der Waals surface area contributed by atoms with Gasteiger partial charge in [0.2, 0.25) is 0 Å². The molecule has 2 aliphatic rings. The van der Waals surface area contributed by atoms with Gasteiger partial charge in [0.1, 0.15) is 0 Å². The van der Waals surface area contributed by atoms with Crippen LogP contribution >= 0.6 is 24.0 Å². The van der Waals surface area contributed by atoms with Gasteiger partial charge in [-0.15, -0.1) is 24.0 Å². The first-order valence-electron chi connectivity index (χ1n) is 10.4. The molecule has 0 aromatic heterocycles. The van der Waals surface area contributed by atoms with Crippen LogP contribution in [0.25, 0.3) is 0 Å². The Hall–Kier alpha value is -0.340. The Morgan fingerprint density at radius 2 is 1.92 bits per heavy atom. The lowest BCUT2D eigenvalue weighted by atomic mass is 9.97. The number of aliphatic imine (C=N–C) groups is 1. The molecule has 0 amide bonds. The number of hydrogen-bond donors (Lipinski definition) is 2. The Morgan fingerprint density at radius 3 is 2.62 bits per heavy atom. The summed E-state index contributed by atoms with van der Waals surface area (Å²) < 4.78 is 0. The van der Waals surface area contributed by atoms with Gasteiger partial charge in [0, 0.05) is 45.8 Å². The summed E-state index contributed by atoms with van der Waals surface area (Å²) in [7, 11) is 2.21. The van der Waals surface area contributed by atoms with Crippen molar-refractivity contribution in [2.75, 3.05) is 59.4 Å². The van der Waals surface area contributed by atoms with Crippen molar-refractivity contribution < 1.29 is 0 Å². The molecule has 0 spiro atoms. The third-order valence-electron chi connectivity index (χ3n) is 5.22. The minimum atomic E-state index is 0. The minimum absolute atomic E-state index is 0. The zero-order chi connectivity index (χ0) is 17.7. The summed E-state index contributed by atoms with van der Waals surface area (Å²) >= 11 is 0. The Bertz CT molecular complexity index is 416. The van der Waals surface area contributed by atoms with Crippen LogP contribution in [0.3, 0.4) is 0 Å². The van der Waals surface area contributed by atoms with E-state index in [9.17, 15) is 0 Å². The van der Waals surface area contributed by atoms with E-state index in [-0.39, 0.29) is 24.0 Å². The highest BCUT2D eigenvalue weighted by atomic mass is 127. The Labute approximate surface area is 178 Å². The highest BCUT2D eigenvalue weighted by molar-refractivity contribution is 14.0. The fraction of sp³-hybridized carbons (Fsp3) is 0.850. The molecule has 2 N–H and O–H groups in total. The molecule has 0 aromatic carbocycles. The highest BCUT2D eigenvalue weighted by Gasteiger charge is 2.12. The third kappa shape index (κ3) is 10.1. The number of nitrogens with one attached hydrogen (secondary N) is 2. The first-order valence-corrected chi connectivity index (χ1v) is 10.4. The number of halogens is 1. The molecular formula is C20H40IN5. The largest absolute Gasteiger partial charge is 0.357 e. The van der Waals surface area contributed by atoms with Gasteiger partial charge in [-0.1, -0.05) is 11.6 Å². The maximum Gasteiger partial charge on any atom is 0.191 e. The summed E-state index contributed by atoms with van der Waals surface area (Å²) in [4.78, 5) is 9.74. The predicted molar refractivity (Wildman–Crippen MR) is 124 cm³/mol. The van der Waals surface area contributed by atoms with Gasteiger partial charge in [-0.05, 0) is 65.5 Å². The SMILES string of the molecule is CCNC(=NCCCCN1CCN(C)CC1)NCCC1=CCCCC1.I. The summed E-state index contributed by atoms with van der Waals surface area (Å²) in [5, 5.41) is 6.86. The van der Waals surface area contributed by atoms with Crippen molar-refractivity contribution in [3.63, 3.8) is 0 Å². The molecule has 5 nitrogen and oxygen atoms in total. The maximum absolute atomic E-state index is 4.74. The first-order chi connectivity index (χ1) is 12.3. The van der Waals surface area contributed by atoms with Gasteiger partial charge in [0.05, 0.1) is 0 Å². The minimum Gasteiger partial charge on any atom is -0.357 e. The topological polar surface area (TPSA) is 42.9 Å². The van der Waals surface area contributed by atoms with E-state index < -0.39 is 0 Å². The fourth-order valence-corrected chi connectivity index (χ4v) is 3.52. The standard InChI is InChI=1S/C20H39N5.HI/c1-3-21-20(23-13-11-19-9-5-4-6-10-19)22-12-7-8-14-25-17-15-24(2)16-18-25;/h9H,3-8,10-18H2,1-2H3,(H2,21,22,23);1H. The van der Waals surface area contributed by atoms with E-state index in [0.717, 1.165) is 32.0 Å². The number of likely N-dealkylation sites (N-methyl/N-ethyl adjacent to an activating group) is 1. The van der Waals surface area contributed by atoms with Crippen molar-refractivity contribution in [2.24, 2.45) is 4.99 Å². The average molecular weight is 477 g/mol. The number of piperazine rings is 1. The number of hydrogen-bond acceptors (Lipinski definition) is 3. The maximum atomic E-state index is 4.74. The van der Waals surface area contributed by atoms with E-state index in [4.69, 9.17) is 4.99 Å². The van der Waals surface area contributed by atoms with Gasteiger partial charge in [-0.2, -0.15) is 0 Å². The van der Waals surface area contributed by atoms with Crippen LogP contribution in [0, 0.1) is 0 Å². The number of allylic oxidation sites excluding steroid dienone is 1. The van der Waals surface area contributed by atoms with Gasteiger partial charge in [-0.3, -0.25) is 4.99 Å². The molecule has 0 unspecified atom stereocenters. The molecule has 1 saturated heterocycles. The molecule has 0 atom stereocenters. The normalized spacial score (nSPS) is 19.6. The molecule has 0 saturated carbocycles. The van der Waals surface area contributed by atoms with Crippen LogP contribution < -0.4 is 10.6 Å². The molecule has 26 heavy (non-hydrogen) atoms. The van der Waals surface area contributed by atoms with Crippen LogP contribution in [0.1, 0.15) is 51.9 Å². The van der Waals surface area contributed by atoms with Gasteiger partial charge in [0.25, 0.3) is 0 Å². The number of guanidine groups is 1. The van der Waals surface area contributed by atoms with Crippen molar-refractivity contribution >= 4 is 29.9 Å². The lowest BCUT2D eigenvalue weighted by Gasteiger charge is -2.32. The molecule has 1 aliphatic heterocycles. The first kappa shape index (κ1) is 23.7. The van der Waals surface area contributed by atoms with Crippen molar-refractivity contribution in [1.82, 2.24) is 20.4 Å². The Kier molecular flexibility index (Phi) is 13.4. The summed E-state index contributed by atoms with van der Waals surface area (Å²) in [6, 6.07) is 0. The summed E-state index contributed by atoms with van der Waals surface area (Å²) in [6.07, 6.45) is 11.3. The van der Waals surface area contributed by atoms with E-state index in [1.807, 2.05) is 0 Å². The molecule has 0 bridgehead atoms. The molecular weight excluding hydrogens is 437 g/mol. The van der Waals surface area contributed by atoms with Crippen LogP contribution in [0.5, 0.6) is 0 Å². The van der Waals surface area contributed by atoms with E-state index in [0.29, 0.717) is 0 Å². The van der Waals surface area contributed by atoms with Gasteiger partial charge in [-0.25, -0.2) is 0 Å². The number of nitrogens with zero attached hydrogens (tertiary/aromatic N) is 3. The lowest BCUT2D eigenvalue weighted by molar-refractivity contribution is 0.152. The van der Waals surface area contributed by atoms with Crippen molar-refractivity contribution in [3.8, 4) is 0 Å². The number of rotatable bonds is 9. The fourth-order valence-electron chi connectivity index (χ4n) is 3.52. The second-order valence-electron chi connectivity index (χ2n) is 7.40. The smallest absolute Gasteiger partial charge is 0.191 e. The molecule has 152 valence electrons. The highest BCUT2D eigenvalue weighted by Crippen LogP contribution is 2.19. The number of unbranched alkanes of at least 4 members (excludes halogenated alkanes) is 1. The summed E-state index contributed by atoms with van der Waals surface area (Å²) in [6.45, 7) is 11.1. The zero-order valence-electron chi connectivity index (χ0n) is 16.9. The lowest BCUT2D eigenvalue weighted by Crippen LogP contribution is -2.44. The van der Waals surface area contributed by atoms with Crippen LogP contribution in [0.4, 0.5) is 0 Å². The quantitative estimate of drug-likeness (QED) is 0.176. The van der Waals surface area contributed by atoms with Gasteiger partial charge >= 0.3 is 0 Å². The molecule has 0 aromatic rings. The van der Waals surface area contributed by atoms with Gasteiger partial charge in [0.15, 0.2) is 5.96 Å². The zero-order valence-corrected chi connectivity index (χ0v) is 19.3. The Morgan fingerprint density at radius 1 is 1.12 bits per heavy atom. The van der Waals surface area contributed by atoms with Crippen LogP contribution in [-0.2, 0) is 0 Å². The Balaban J connectivity index is 0.00000338. The summed E-state index contributed by atoms with van der Waals surface area (Å²) in [5.74, 6) is 0.985. The van der Waals surface area contributed by atoms with E-state index in [1.54, 1.807) is 5.57 Å². The monoisotopic (exact) mass is 477 g/mol. The molecule has 6 heteroatoms. The molecule has 2 rings (SSSR count). The molecule has 1 fully saturated rings. The second kappa shape index (κ2) is 14.7. The van der Waals surface area contributed by atoms with E-state index in [1.165, 1.54) is 71.2 Å². The van der Waals surface area contributed by atoms with E-state index >= 15 is 0 Å². The van der Waals surface area contributed by atoms with Crippen molar-refractivity contribution in [2.45, 2.75) is 51.9 Å². The third-order valence-corrected chi connectivity index (χ3v) is 5.22. The average Bonchev–Trinajstić information content (AvgIpc) is 2.64. The van der Waals surface area contributed by atoms with Crippen LogP contribution in [0.15, 0.2) is 16.6 Å². The molecule has 1 aliphatic carbocycles. The van der Waals surface area contributed by atoms with Crippen molar-refractivity contribution in [3.05, 3.63) is 11.6 Å². The van der Waals surface area contributed by atoms with Crippen molar-refractivity contribution in [1.29, 1.82) is 0 Å². The summed E-state index contributed by atoms with van der Waals surface area (Å²) in [5.41, 5.74) is 1.63. The second-order valence-corrected chi connectivity index (χ2v) is 7.40. The van der Waals surface area contributed by atoms with Crippen LogP contribution in [-0.4, -0.2) is 75.2 Å². The predicted octanol–water partition coefficient (Wildman–Crippen LogP) is 3.08. The molecule has 0 radical (unpaired) electrons. The molecule has 1 heterocycles.